The third-order valence-corrected chi connectivity index (χ3v) is 4.53. The summed E-state index contributed by atoms with van der Waals surface area (Å²) in [5.41, 5.74) is 9.29. The molecule has 1 amide bonds. The lowest BCUT2D eigenvalue weighted by Crippen LogP contribution is -2.47. The Bertz CT molecular complexity index is 595. The predicted molar refractivity (Wildman–Crippen MR) is 77.3 cm³/mol. The molecule has 1 fully saturated rings. The number of thiazole rings is 1. The van der Waals surface area contributed by atoms with Crippen molar-refractivity contribution in [3.63, 3.8) is 0 Å². The highest BCUT2D eigenvalue weighted by Crippen LogP contribution is 2.23. The molecule has 1 saturated heterocycles. The van der Waals surface area contributed by atoms with Crippen LogP contribution >= 0.6 is 11.3 Å². The molecule has 0 bridgehead atoms. The fourth-order valence-electron chi connectivity index (χ4n) is 2.67. The molecular formula is C14H17N3OS. The van der Waals surface area contributed by atoms with Crippen LogP contribution < -0.4 is 5.73 Å². The molecule has 3 rings (SSSR count). The Morgan fingerprint density at radius 1 is 1.47 bits per heavy atom. The normalized spacial score (nSPS) is 19.8. The summed E-state index contributed by atoms with van der Waals surface area (Å²) in [6.07, 6.45) is 3.26. The number of aromatic nitrogens is 1. The summed E-state index contributed by atoms with van der Waals surface area (Å²) in [6, 6.07) is 5.92. The van der Waals surface area contributed by atoms with Gasteiger partial charge in [0.05, 0.1) is 15.7 Å². The first-order valence-corrected chi connectivity index (χ1v) is 7.52. The van der Waals surface area contributed by atoms with Gasteiger partial charge >= 0.3 is 0 Å². The molecule has 2 N–H and O–H groups in total. The van der Waals surface area contributed by atoms with Crippen molar-refractivity contribution in [1.82, 2.24) is 9.88 Å². The van der Waals surface area contributed by atoms with Crippen LogP contribution in [0.15, 0.2) is 23.7 Å². The van der Waals surface area contributed by atoms with Gasteiger partial charge in [-0.2, -0.15) is 0 Å². The Labute approximate surface area is 116 Å². The lowest BCUT2D eigenvalue weighted by molar-refractivity contribution is 0.0623. The van der Waals surface area contributed by atoms with Crippen molar-refractivity contribution in [3.8, 4) is 0 Å². The minimum atomic E-state index is 0.102. The van der Waals surface area contributed by atoms with Crippen LogP contribution in [-0.4, -0.2) is 34.9 Å². The first-order valence-electron chi connectivity index (χ1n) is 6.64. The standard InChI is InChI=1S/C14H17N3OS/c15-8-11-3-1-2-6-17(11)14(18)10-4-5-12-13(7-10)19-9-16-12/h4-5,7,9,11H,1-3,6,8,15H2. The number of benzene rings is 1. The molecule has 1 aliphatic rings. The summed E-state index contributed by atoms with van der Waals surface area (Å²) in [6.45, 7) is 1.37. The zero-order valence-corrected chi connectivity index (χ0v) is 11.5. The zero-order chi connectivity index (χ0) is 13.2. The highest BCUT2D eigenvalue weighted by Gasteiger charge is 2.26. The van der Waals surface area contributed by atoms with E-state index in [2.05, 4.69) is 4.98 Å². The van der Waals surface area contributed by atoms with Crippen LogP contribution in [-0.2, 0) is 0 Å². The molecule has 0 aliphatic carbocycles. The fraction of sp³-hybridized carbons (Fsp3) is 0.429. The van der Waals surface area contributed by atoms with Crippen molar-refractivity contribution in [3.05, 3.63) is 29.3 Å². The number of carbonyl (C=O) groups is 1. The van der Waals surface area contributed by atoms with E-state index in [0.29, 0.717) is 6.54 Å². The van der Waals surface area contributed by atoms with Crippen molar-refractivity contribution in [2.75, 3.05) is 13.1 Å². The van der Waals surface area contributed by atoms with E-state index in [9.17, 15) is 4.79 Å². The van der Waals surface area contributed by atoms with Gasteiger partial charge in [-0.25, -0.2) is 4.98 Å². The molecule has 0 radical (unpaired) electrons. The lowest BCUT2D eigenvalue weighted by atomic mass is 10.0. The Kier molecular flexibility index (Phi) is 3.48. The van der Waals surface area contributed by atoms with E-state index in [0.717, 1.165) is 35.2 Å². The molecule has 1 aromatic heterocycles. The molecule has 4 nitrogen and oxygen atoms in total. The second-order valence-electron chi connectivity index (χ2n) is 4.92. The number of rotatable bonds is 2. The van der Waals surface area contributed by atoms with Crippen molar-refractivity contribution >= 4 is 27.5 Å². The number of piperidine rings is 1. The van der Waals surface area contributed by atoms with E-state index in [1.54, 1.807) is 11.3 Å². The van der Waals surface area contributed by atoms with Gasteiger partial charge < -0.3 is 10.6 Å². The summed E-state index contributed by atoms with van der Waals surface area (Å²) in [5.74, 6) is 0.102. The summed E-state index contributed by atoms with van der Waals surface area (Å²) in [7, 11) is 0. The van der Waals surface area contributed by atoms with Gasteiger partial charge in [0.2, 0.25) is 0 Å². The lowest BCUT2D eigenvalue weighted by Gasteiger charge is -2.35. The van der Waals surface area contributed by atoms with E-state index in [-0.39, 0.29) is 11.9 Å². The molecule has 0 spiro atoms. The average Bonchev–Trinajstić information content (AvgIpc) is 2.93. The van der Waals surface area contributed by atoms with E-state index in [1.165, 1.54) is 6.42 Å². The van der Waals surface area contributed by atoms with Crippen molar-refractivity contribution in [2.24, 2.45) is 5.73 Å². The van der Waals surface area contributed by atoms with Gasteiger partial charge in [0.15, 0.2) is 0 Å². The number of hydrogen-bond donors (Lipinski definition) is 1. The molecule has 1 atom stereocenters. The highest BCUT2D eigenvalue weighted by molar-refractivity contribution is 7.16. The Balaban J connectivity index is 1.89. The second kappa shape index (κ2) is 5.27. The SMILES string of the molecule is NCC1CCCCN1C(=O)c1ccc2ncsc2c1. The van der Waals surface area contributed by atoms with E-state index < -0.39 is 0 Å². The molecule has 5 heteroatoms. The number of carbonyl (C=O) groups excluding carboxylic acids is 1. The first kappa shape index (κ1) is 12.6. The van der Waals surface area contributed by atoms with Gasteiger partial charge in [0, 0.05) is 24.7 Å². The van der Waals surface area contributed by atoms with Gasteiger partial charge in [-0.15, -0.1) is 11.3 Å². The van der Waals surface area contributed by atoms with Crippen LogP contribution in [0.2, 0.25) is 0 Å². The Morgan fingerprint density at radius 3 is 3.21 bits per heavy atom. The number of hydrogen-bond acceptors (Lipinski definition) is 4. The van der Waals surface area contributed by atoms with Crippen LogP contribution in [0.1, 0.15) is 29.6 Å². The smallest absolute Gasteiger partial charge is 0.254 e. The Morgan fingerprint density at radius 2 is 2.37 bits per heavy atom. The fourth-order valence-corrected chi connectivity index (χ4v) is 3.38. The van der Waals surface area contributed by atoms with Gasteiger partial charge in [-0.3, -0.25) is 4.79 Å². The highest BCUT2D eigenvalue weighted by atomic mass is 32.1. The first-order chi connectivity index (χ1) is 9.29. The summed E-state index contributed by atoms with van der Waals surface area (Å²) in [4.78, 5) is 18.8. The quantitative estimate of drug-likeness (QED) is 0.914. The number of nitrogens with two attached hydrogens (primary N) is 1. The van der Waals surface area contributed by atoms with Crippen molar-refractivity contribution < 1.29 is 4.79 Å². The molecule has 2 aromatic rings. The van der Waals surface area contributed by atoms with E-state index >= 15 is 0 Å². The molecular weight excluding hydrogens is 258 g/mol. The summed E-state index contributed by atoms with van der Waals surface area (Å²) < 4.78 is 1.06. The van der Waals surface area contributed by atoms with Crippen LogP contribution in [0.25, 0.3) is 10.2 Å². The van der Waals surface area contributed by atoms with Crippen LogP contribution in [0.3, 0.4) is 0 Å². The van der Waals surface area contributed by atoms with Crippen LogP contribution in [0.4, 0.5) is 0 Å². The maximum Gasteiger partial charge on any atom is 0.254 e. The number of fused-ring (bicyclic) bond motifs is 1. The second-order valence-corrected chi connectivity index (χ2v) is 5.81. The monoisotopic (exact) mass is 275 g/mol. The molecule has 0 saturated carbocycles. The molecule has 1 aromatic carbocycles. The average molecular weight is 275 g/mol. The predicted octanol–water partition coefficient (Wildman–Crippen LogP) is 2.25. The summed E-state index contributed by atoms with van der Waals surface area (Å²) in [5, 5.41) is 0. The van der Waals surface area contributed by atoms with E-state index in [4.69, 9.17) is 5.73 Å². The molecule has 1 unspecified atom stereocenters. The molecule has 19 heavy (non-hydrogen) atoms. The van der Waals surface area contributed by atoms with E-state index in [1.807, 2.05) is 28.6 Å². The largest absolute Gasteiger partial charge is 0.334 e. The molecule has 2 heterocycles. The molecule has 1 aliphatic heterocycles. The number of likely N-dealkylation sites (tertiary alicyclic amines) is 1. The van der Waals surface area contributed by atoms with Crippen LogP contribution in [0, 0.1) is 0 Å². The van der Waals surface area contributed by atoms with Crippen molar-refractivity contribution in [2.45, 2.75) is 25.3 Å². The van der Waals surface area contributed by atoms with Gasteiger partial charge in [-0.1, -0.05) is 0 Å². The minimum absolute atomic E-state index is 0.102. The van der Waals surface area contributed by atoms with Crippen LogP contribution in [0.5, 0.6) is 0 Å². The number of nitrogens with zero attached hydrogens (tertiary/aromatic N) is 2. The summed E-state index contributed by atoms with van der Waals surface area (Å²) >= 11 is 1.57. The topological polar surface area (TPSA) is 59.2 Å². The third-order valence-electron chi connectivity index (χ3n) is 3.74. The van der Waals surface area contributed by atoms with Gasteiger partial charge in [0.25, 0.3) is 5.91 Å². The maximum atomic E-state index is 12.6. The minimum Gasteiger partial charge on any atom is -0.334 e. The Hall–Kier alpha value is -1.46. The van der Waals surface area contributed by atoms with Gasteiger partial charge in [-0.05, 0) is 37.5 Å². The maximum absolute atomic E-state index is 12.6. The molecule has 100 valence electrons. The zero-order valence-electron chi connectivity index (χ0n) is 10.7. The van der Waals surface area contributed by atoms with Crippen molar-refractivity contribution in [1.29, 1.82) is 0 Å². The third kappa shape index (κ3) is 2.35. The van der Waals surface area contributed by atoms with Gasteiger partial charge in [0.1, 0.15) is 0 Å². The number of amides is 1.